The number of aromatic carboxylic acids is 1. The summed E-state index contributed by atoms with van der Waals surface area (Å²) in [6.45, 7) is 4.04. The SMILES string of the molecule is CCCCC[C@@H](C)NC(=O)c1c(C(=O)O)cnn1C. The van der Waals surface area contributed by atoms with E-state index < -0.39 is 5.97 Å². The fourth-order valence-electron chi connectivity index (χ4n) is 1.93. The number of carbonyl (C=O) groups is 2. The number of aryl methyl sites for hydroxylation is 1. The highest BCUT2D eigenvalue weighted by molar-refractivity contribution is 6.03. The lowest BCUT2D eigenvalue weighted by atomic mass is 10.1. The van der Waals surface area contributed by atoms with E-state index in [0.717, 1.165) is 25.7 Å². The highest BCUT2D eigenvalue weighted by Gasteiger charge is 2.22. The molecule has 0 fully saturated rings. The minimum absolute atomic E-state index is 0.0237. The van der Waals surface area contributed by atoms with Gasteiger partial charge in [0.15, 0.2) is 0 Å². The zero-order valence-corrected chi connectivity index (χ0v) is 11.6. The molecule has 1 rings (SSSR count). The zero-order chi connectivity index (χ0) is 14.4. The molecule has 6 nitrogen and oxygen atoms in total. The van der Waals surface area contributed by atoms with Crippen molar-refractivity contribution in [2.75, 3.05) is 0 Å². The Morgan fingerprint density at radius 1 is 1.47 bits per heavy atom. The lowest BCUT2D eigenvalue weighted by molar-refractivity contribution is 0.0690. The van der Waals surface area contributed by atoms with Gasteiger partial charge in [-0.3, -0.25) is 9.48 Å². The average Bonchev–Trinajstić information content (AvgIpc) is 2.71. The molecule has 1 aromatic rings. The van der Waals surface area contributed by atoms with Gasteiger partial charge in [-0.1, -0.05) is 26.2 Å². The van der Waals surface area contributed by atoms with Crippen LogP contribution in [-0.2, 0) is 7.05 Å². The molecule has 1 heterocycles. The third-order valence-corrected chi connectivity index (χ3v) is 3.00. The molecule has 0 aliphatic carbocycles. The summed E-state index contributed by atoms with van der Waals surface area (Å²) in [4.78, 5) is 23.1. The van der Waals surface area contributed by atoms with E-state index in [1.807, 2.05) is 6.92 Å². The van der Waals surface area contributed by atoms with Crippen LogP contribution < -0.4 is 5.32 Å². The van der Waals surface area contributed by atoms with Crippen LogP contribution in [0.25, 0.3) is 0 Å². The predicted octanol–water partition coefficient (Wildman–Crippen LogP) is 1.82. The molecule has 0 radical (unpaired) electrons. The van der Waals surface area contributed by atoms with Crippen LogP contribution in [-0.4, -0.2) is 32.8 Å². The highest BCUT2D eigenvalue weighted by Crippen LogP contribution is 2.09. The lowest BCUT2D eigenvalue weighted by Crippen LogP contribution is -2.34. The van der Waals surface area contributed by atoms with Crippen molar-refractivity contribution in [3.63, 3.8) is 0 Å². The second-order valence-corrected chi connectivity index (χ2v) is 4.71. The van der Waals surface area contributed by atoms with Crippen LogP contribution in [0.1, 0.15) is 60.4 Å². The highest BCUT2D eigenvalue weighted by atomic mass is 16.4. The molecular formula is C13H21N3O3. The first-order valence-electron chi connectivity index (χ1n) is 6.53. The number of nitrogens with zero attached hydrogens (tertiary/aromatic N) is 2. The van der Waals surface area contributed by atoms with Gasteiger partial charge in [-0.25, -0.2) is 4.79 Å². The lowest BCUT2D eigenvalue weighted by Gasteiger charge is -2.14. The third-order valence-electron chi connectivity index (χ3n) is 3.00. The number of aromatic nitrogens is 2. The number of carbonyl (C=O) groups excluding carboxylic acids is 1. The molecule has 0 aliphatic rings. The maximum Gasteiger partial charge on any atom is 0.339 e. The van der Waals surface area contributed by atoms with E-state index in [-0.39, 0.29) is 23.2 Å². The van der Waals surface area contributed by atoms with Crippen molar-refractivity contribution in [3.05, 3.63) is 17.5 Å². The topological polar surface area (TPSA) is 84.2 Å². The van der Waals surface area contributed by atoms with E-state index >= 15 is 0 Å². The van der Waals surface area contributed by atoms with Gasteiger partial charge in [-0.2, -0.15) is 5.10 Å². The van der Waals surface area contributed by atoms with Gasteiger partial charge in [0.2, 0.25) is 0 Å². The Morgan fingerprint density at radius 3 is 2.74 bits per heavy atom. The summed E-state index contributed by atoms with van der Waals surface area (Å²) in [5.41, 5.74) is 0.0237. The number of carboxylic acid groups (broad SMARTS) is 1. The molecule has 0 aromatic carbocycles. The van der Waals surface area contributed by atoms with E-state index in [4.69, 9.17) is 5.11 Å². The standard InChI is InChI=1S/C13H21N3O3/c1-4-5-6-7-9(2)15-12(17)11-10(13(18)19)8-14-16(11)3/h8-9H,4-7H2,1-3H3,(H,15,17)(H,18,19)/t9-/m1/s1. The smallest absolute Gasteiger partial charge is 0.339 e. The van der Waals surface area contributed by atoms with E-state index in [9.17, 15) is 9.59 Å². The van der Waals surface area contributed by atoms with Crippen molar-refractivity contribution in [2.24, 2.45) is 7.05 Å². The molecule has 1 amide bonds. The maximum atomic E-state index is 12.1. The summed E-state index contributed by atoms with van der Waals surface area (Å²) in [5.74, 6) is -1.53. The molecule has 0 spiro atoms. The molecule has 0 saturated carbocycles. The first-order chi connectivity index (χ1) is 8.97. The van der Waals surface area contributed by atoms with Gasteiger partial charge in [-0.15, -0.1) is 0 Å². The van der Waals surface area contributed by atoms with Crippen molar-refractivity contribution < 1.29 is 14.7 Å². The average molecular weight is 267 g/mol. The minimum Gasteiger partial charge on any atom is -0.478 e. The molecule has 0 unspecified atom stereocenters. The molecule has 6 heteroatoms. The van der Waals surface area contributed by atoms with Gasteiger partial charge < -0.3 is 10.4 Å². The van der Waals surface area contributed by atoms with Crippen molar-refractivity contribution >= 4 is 11.9 Å². The van der Waals surface area contributed by atoms with E-state index in [1.54, 1.807) is 7.05 Å². The van der Waals surface area contributed by atoms with Crippen LogP contribution in [0.15, 0.2) is 6.20 Å². The largest absolute Gasteiger partial charge is 0.478 e. The fourth-order valence-corrected chi connectivity index (χ4v) is 1.93. The summed E-state index contributed by atoms with van der Waals surface area (Å²) >= 11 is 0. The normalized spacial score (nSPS) is 12.2. The Hall–Kier alpha value is -1.85. The Labute approximate surface area is 112 Å². The molecule has 2 N–H and O–H groups in total. The Kier molecular flexibility index (Phi) is 5.54. The summed E-state index contributed by atoms with van der Waals surface area (Å²) in [5, 5.41) is 15.6. The molecule has 0 saturated heterocycles. The number of amides is 1. The Morgan fingerprint density at radius 2 is 2.16 bits per heavy atom. The van der Waals surface area contributed by atoms with Crippen LogP contribution in [0.2, 0.25) is 0 Å². The van der Waals surface area contributed by atoms with Crippen molar-refractivity contribution in [1.29, 1.82) is 0 Å². The molecule has 1 aromatic heterocycles. The van der Waals surface area contributed by atoms with Crippen LogP contribution in [0.5, 0.6) is 0 Å². The van der Waals surface area contributed by atoms with Crippen molar-refractivity contribution in [3.8, 4) is 0 Å². The predicted molar refractivity (Wildman–Crippen MR) is 71.2 cm³/mol. The number of rotatable bonds is 7. The first-order valence-corrected chi connectivity index (χ1v) is 6.53. The van der Waals surface area contributed by atoms with Crippen LogP contribution in [0.3, 0.4) is 0 Å². The van der Waals surface area contributed by atoms with E-state index in [0.29, 0.717) is 0 Å². The Balaban J connectivity index is 2.68. The van der Waals surface area contributed by atoms with Gasteiger partial charge >= 0.3 is 5.97 Å². The van der Waals surface area contributed by atoms with Gasteiger partial charge in [0.05, 0.1) is 6.20 Å². The minimum atomic E-state index is -1.14. The zero-order valence-electron chi connectivity index (χ0n) is 11.6. The number of carboxylic acids is 1. The van der Waals surface area contributed by atoms with Crippen molar-refractivity contribution in [1.82, 2.24) is 15.1 Å². The summed E-state index contributed by atoms with van der Waals surface area (Å²) in [6, 6.07) is 0.0237. The number of hydrogen-bond donors (Lipinski definition) is 2. The van der Waals surface area contributed by atoms with Crippen LogP contribution >= 0.6 is 0 Å². The molecule has 106 valence electrons. The van der Waals surface area contributed by atoms with E-state index in [2.05, 4.69) is 17.3 Å². The molecular weight excluding hydrogens is 246 g/mol. The van der Waals surface area contributed by atoms with E-state index in [1.165, 1.54) is 10.9 Å². The monoisotopic (exact) mass is 267 g/mol. The van der Waals surface area contributed by atoms with Crippen molar-refractivity contribution in [2.45, 2.75) is 45.6 Å². The summed E-state index contributed by atoms with van der Waals surface area (Å²) in [7, 11) is 1.56. The van der Waals surface area contributed by atoms with Gasteiger partial charge in [0.1, 0.15) is 11.3 Å². The third kappa shape index (κ3) is 4.08. The second-order valence-electron chi connectivity index (χ2n) is 4.71. The van der Waals surface area contributed by atoms with Crippen LogP contribution in [0, 0.1) is 0 Å². The van der Waals surface area contributed by atoms with Gasteiger partial charge in [0, 0.05) is 13.1 Å². The fraction of sp³-hybridized carbons (Fsp3) is 0.615. The van der Waals surface area contributed by atoms with Gasteiger partial charge in [-0.05, 0) is 13.3 Å². The second kappa shape index (κ2) is 6.92. The molecule has 1 atom stereocenters. The number of hydrogen-bond acceptors (Lipinski definition) is 3. The number of nitrogens with one attached hydrogen (secondary N) is 1. The molecule has 19 heavy (non-hydrogen) atoms. The quantitative estimate of drug-likeness (QED) is 0.738. The maximum absolute atomic E-state index is 12.1. The molecule has 0 aliphatic heterocycles. The Bertz CT molecular complexity index is 454. The summed E-state index contributed by atoms with van der Waals surface area (Å²) < 4.78 is 1.29. The van der Waals surface area contributed by atoms with Gasteiger partial charge in [0.25, 0.3) is 5.91 Å². The molecule has 0 bridgehead atoms. The first kappa shape index (κ1) is 15.2. The summed E-state index contributed by atoms with van der Waals surface area (Å²) in [6.07, 6.45) is 5.39. The number of unbranched alkanes of at least 4 members (excludes halogenated alkanes) is 2. The van der Waals surface area contributed by atoms with Crippen LogP contribution in [0.4, 0.5) is 0 Å².